The van der Waals surface area contributed by atoms with Gasteiger partial charge in [-0.25, -0.2) is 0 Å². The Bertz CT molecular complexity index is 726. The predicted octanol–water partition coefficient (Wildman–Crippen LogP) is 3.94. The van der Waals surface area contributed by atoms with E-state index in [0.717, 1.165) is 18.0 Å². The second kappa shape index (κ2) is 6.18. The van der Waals surface area contributed by atoms with E-state index >= 15 is 0 Å². The van der Waals surface area contributed by atoms with E-state index in [9.17, 15) is 0 Å². The summed E-state index contributed by atoms with van der Waals surface area (Å²) < 4.78 is 0. The van der Waals surface area contributed by atoms with Gasteiger partial charge in [0, 0.05) is 19.1 Å². The van der Waals surface area contributed by atoms with Gasteiger partial charge in [-0.1, -0.05) is 36.4 Å². The van der Waals surface area contributed by atoms with E-state index in [4.69, 9.17) is 5.26 Å². The van der Waals surface area contributed by atoms with Crippen LogP contribution in [0.3, 0.4) is 0 Å². The van der Waals surface area contributed by atoms with Crippen LogP contribution >= 0.6 is 0 Å². The summed E-state index contributed by atoms with van der Waals surface area (Å²) in [7, 11) is 0. The highest BCUT2D eigenvalue weighted by Gasteiger charge is 2.31. The Kier molecular flexibility index (Phi) is 3.89. The molecule has 2 nitrogen and oxygen atoms in total. The van der Waals surface area contributed by atoms with Crippen molar-refractivity contribution in [2.75, 3.05) is 6.54 Å². The molecule has 1 saturated heterocycles. The molecular weight excluding hydrogens is 280 g/mol. The van der Waals surface area contributed by atoms with Gasteiger partial charge in [0.25, 0.3) is 0 Å². The second-order valence-electron chi connectivity index (χ2n) is 7.01. The summed E-state index contributed by atoms with van der Waals surface area (Å²) in [6.07, 6.45) is 5.09. The topological polar surface area (TPSA) is 27.0 Å². The molecule has 0 unspecified atom stereocenters. The maximum absolute atomic E-state index is 8.94. The summed E-state index contributed by atoms with van der Waals surface area (Å²) >= 11 is 0. The molecule has 0 radical (unpaired) electrons. The van der Waals surface area contributed by atoms with Gasteiger partial charge in [0.1, 0.15) is 0 Å². The van der Waals surface area contributed by atoms with Gasteiger partial charge in [0.2, 0.25) is 0 Å². The molecule has 2 heterocycles. The molecule has 2 aliphatic heterocycles. The summed E-state index contributed by atoms with van der Waals surface area (Å²) in [6, 6.07) is 19.9. The Hall–Kier alpha value is -2.11. The van der Waals surface area contributed by atoms with E-state index in [1.54, 1.807) is 11.1 Å². The van der Waals surface area contributed by atoms with E-state index in [-0.39, 0.29) is 0 Å². The van der Waals surface area contributed by atoms with Crippen molar-refractivity contribution in [1.82, 2.24) is 4.90 Å². The van der Waals surface area contributed by atoms with E-state index in [1.165, 1.54) is 37.8 Å². The third-order valence-electron chi connectivity index (χ3n) is 5.47. The Morgan fingerprint density at radius 2 is 1.70 bits per heavy atom. The molecule has 1 fully saturated rings. The SMILES string of the molecule is N#Cc1ccc(CN2C[C@@H]3CC[C@H]2Cc2ccccc2C3)cc1. The average molecular weight is 302 g/mol. The van der Waals surface area contributed by atoms with Crippen LogP contribution in [0.25, 0.3) is 0 Å². The van der Waals surface area contributed by atoms with Crippen LogP contribution in [0.5, 0.6) is 0 Å². The molecular formula is C21H22N2. The van der Waals surface area contributed by atoms with E-state index < -0.39 is 0 Å². The summed E-state index contributed by atoms with van der Waals surface area (Å²) in [5.41, 5.74) is 5.19. The highest BCUT2D eigenvalue weighted by atomic mass is 15.2. The van der Waals surface area contributed by atoms with Crippen LogP contribution in [0.1, 0.15) is 35.1 Å². The van der Waals surface area contributed by atoms with Crippen LogP contribution < -0.4 is 0 Å². The third kappa shape index (κ3) is 3.02. The first-order chi connectivity index (χ1) is 11.3. The second-order valence-corrected chi connectivity index (χ2v) is 7.01. The first kappa shape index (κ1) is 14.5. The molecule has 23 heavy (non-hydrogen) atoms. The van der Waals surface area contributed by atoms with Gasteiger partial charge in [-0.2, -0.15) is 5.26 Å². The molecule has 0 aromatic heterocycles. The zero-order valence-corrected chi connectivity index (χ0v) is 13.4. The van der Waals surface area contributed by atoms with Crippen molar-refractivity contribution in [3.8, 4) is 6.07 Å². The molecule has 0 saturated carbocycles. The first-order valence-electron chi connectivity index (χ1n) is 8.61. The lowest BCUT2D eigenvalue weighted by molar-refractivity contribution is 0.0938. The molecule has 116 valence electrons. The van der Waals surface area contributed by atoms with Crippen LogP contribution in [0.2, 0.25) is 0 Å². The monoisotopic (exact) mass is 302 g/mol. The van der Waals surface area contributed by atoms with Crippen molar-refractivity contribution >= 4 is 0 Å². The van der Waals surface area contributed by atoms with Crippen LogP contribution in [-0.2, 0) is 19.4 Å². The summed E-state index contributed by atoms with van der Waals surface area (Å²) in [5, 5.41) is 8.94. The van der Waals surface area contributed by atoms with Crippen molar-refractivity contribution < 1.29 is 0 Å². The van der Waals surface area contributed by atoms with Crippen molar-refractivity contribution in [1.29, 1.82) is 5.26 Å². The number of piperidine rings is 1. The normalized spacial score (nSPS) is 23.6. The van der Waals surface area contributed by atoms with Crippen molar-refractivity contribution in [2.24, 2.45) is 5.92 Å². The van der Waals surface area contributed by atoms with Crippen molar-refractivity contribution in [3.05, 3.63) is 70.8 Å². The maximum Gasteiger partial charge on any atom is 0.0991 e. The highest BCUT2D eigenvalue weighted by molar-refractivity contribution is 5.32. The number of nitriles is 1. The van der Waals surface area contributed by atoms with E-state index in [0.29, 0.717) is 6.04 Å². The number of hydrogen-bond donors (Lipinski definition) is 0. The van der Waals surface area contributed by atoms with Gasteiger partial charge in [-0.05, 0) is 60.4 Å². The fourth-order valence-electron chi connectivity index (χ4n) is 4.21. The molecule has 2 bridgehead atoms. The molecule has 0 amide bonds. The summed E-state index contributed by atoms with van der Waals surface area (Å²) in [4.78, 5) is 2.67. The average Bonchev–Trinajstić information content (AvgIpc) is 2.56. The summed E-state index contributed by atoms with van der Waals surface area (Å²) in [5.74, 6) is 0.783. The molecule has 0 N–H and O–H groups in total. The number of rotatable bonds is 2. The number of benzene rings is 2. The first-order valence-corrected chi connectivity index (χ1v) is 8.61. The molecule has 1 aliphatic carbocycles. The lowest BCUT2D eigenvalue weighted by Crippen LogP contribution is -2.46. The molecule has 3 aliphatic rings. The molecule has 2 atom stereocenters. The van der Waals surface area contributed by atoms with E-state index in [2.05, 4.69) is 47.4 Å². The Labute approximate surface area is 138 Å². The fraction of sp³-hybridized carbons (Fsp3) is 0.381. The zero-order valence-electron chi connectivity index (χ0n) is 13.4. The molecule has 5 rings (SSSR count). The number of fused-ring (bicyclic) bond motifs is 2. The van der Waals surface area contributed by atoms with Crippen LogP contribution in [-0.4, -0.2) is 17.5 Å². The third-order valence-corrected chi connectivity index (χ3v) is 5.47. The predicted molar refractivity (Wildman–Crippen MR) is 91.9 cm³/mol. The Balaban J connectivity index is 1.55. The quantitative estimate of drug-likeness (QED) is 0.840. The lowest BCUT2D eigenvalue weighted by atomic mass is 9.80. The number of hydrogen-bond acceptors (Lipinski definition) is 2. The standard InChI is InChI=1S/C21H22N2/c22-13-16-5-7-17(8-6-16)14-23-15-18-9-10-21(23)12-20-4-2-1-3-19(20)11-18/h1-8,18,21H,9-12,14-15H2/t18-,21+/m1/s1. The molecule has 0 spiro atoms. The Morgan fingerprint density at radius 1 is 0.957 bits per heavy atom. The van der Waals surface area contributed by atoms with Crippen molar-refractivity contribution in [2.45, 2.75) is 38.3 Å². The minimum Gasteiger partial charge on any atom is -0.296 e. The van der Waals surface area contributed by atoms with Crippen LogP contribution in [0.15, 0.2) is 48.5 Å². The van der Waals surface area contributed by atoms with Crippen molar-refractivity contribution in [3.63, 3.8) is 0 Å². The van der Waals surface area contributed by atoms with Gasteiger partial charge in [0.05, 0.1) is 11.6 Å². The summed E-state index contributed by atoms with van der Waals surface area (Å²) in [6.45, 7) is 2.22. The Morgan fingerprint density at radius 3 is 2.43 bits per heavy atom. The molecule has 2 aromatic rings. The molecule has 2 heteroatoms. The largest absolute Gasteiger partial charge is 0.296 e. The lowest BCUT2D eigenvalue weighted by Gasteiger charge is -2.42. The van der Waals surface area contributed by atoms with Gasteiger partial charge in [-0.3, -0.25) is 4.90 Å². The smallest absolute Gasteiger partial charge is 0.0991 e. The van der Waals surface area contributed by atoms with Crippen LogP contribution in [0, 0.1) is 17.2 Å². The zero-order chi connectivity index (χ0) is 15.6. The minimum absolute atomic E-state index is 0.656. The fourth-order valence-corrected chi connectivity index (χ4v) is 4.21. The van der Waals surface area contributed by atoms with Gasteiger partial charge < -0.3 is 0 Å². The van der Waals surface area contributed by atoms with Gasteiger partial charge in [-0.15, -0.1) is 0 Å². The van der Waals surface area contributed by atoms with Gasteiger partial charge in [0.15, 0.2) is 0 Å². The number of nitrogens with zero attached hydrogens (tertiary/aromatic N) is 2. The van der Waals surface area contributed by atoms with E-state index in [1.807, 2.05) is 12.1 Å². The molecule has 2 aromatic carbocycles. The van der Waals surface area contributed by atoms with Crippen LogP contribution in [0.4, 0.5) is 0 Å². The maximum atomic E-state index is 8.94. The minimum atomic E-state index is 0.656. The highest BCUT2D eigenvalue weighted by Crippen LogP contribution is 2.33. The van der Waals surface area contributed by atoms with Gasteiger partial charge >= 0.3 is 0 Å².